The quantitative estimate of drug-likeness (QED) is 0.290. The van der Waals surface area contributed by atoms with Crippen LogP contribution in [0.2, 0.25) is 0 Å². The molecular formula is C3H9IN2. The number of alkyl halides is 1. The summed E-state index contributed by atoms with van der Waals surface area (Å²) in [6, 6.07) is 0. The van der Waals surface area contributed by atoms with Gasteiger partial charge >= 0.3 is 0 Å². The van der Waals surface area contributed by atoms with Gasteiger partial charge in [0, 0.05) is 6.67 Å². The van der Waals surface area contributed by atoms with E-state index in [0.29, 0.717) is 10.7 Å². The van der Waals surface area contributed by atoms with Crippen LogP contribution in [0.5, 0.6) is 0 Å². The Morgan fingerprint density at radius 1 is 2.00 bits per heavy atom. The van der Waals surface area contributed by atoms with Crippen molar-refractivity contribution in [2.75, 3.05) is 6.67 Å². The van der Waals surface area contributed by atoms with Crippen LogP contribution in [0.25, 0.3) is 0 Å². The van der Waals surface area contributed by atoms with Crippen LogP contribution in [0.1, 0.15) is 6.92 Å². The summed E-state index contributed by atoms with van der Waals surface area (Å²) in [5, 5.41) is 2.97. The summed E-state index contributed by atoms with van der Waals surface area (Å²) in [6.07, 6.45) is 0. The molecule has 3 N–H and O–H groups in total. The molecule has 0 spiro atoms. The van der Waals surface area contributed by atoms with Gasteiger partial charge in [-0.15, -0.1) is 0 Å². The Bertz CT molecular complexity index is 30.0. The SMILES string of the molecule is CC(I)NCN. The number of halogens is 1. The van der Waals surface area contributed by atoms with Crippen molar-refractivity contribution in [2.24, 2.45) is 5.73 Å². The highest BCUT2D eigenvalue weighted by molar-refractivity contribution is 14.1. The monoisotopic (exact) mass is 200 g/mol. The average Bonchev–Trinajstić information content (AvgIpc) is 1.35. The van der Waals surface area contributed by atoms with Crippen LogP contribution in [0.15, 0.2) is 0 Å². The Morgan fingerprint density at radius 2 is 2.50 bits per heavy atom. The molecule has 0 bridgehead atoms. The predicted molar refractivity (Wildman–Crippen MR) is 35.7 cm³/mol. The first kappa shape index (κ1) is 6.65. The Hall–Kier alpha value is 0.650. The third-order valence-corrected chi connectivity index (χ3v) is 0.840. The molecule has 1 atom stereocenters. The van der Waals surface area contributed by atoms with E-state index in [-0.39, 0.29) is 0 Å². The van der Waals surface area contributed by atoms with E-state index in [1.807, 2.05) is 6.92 Å². The molecule has 1 unspecified atom stereocenters. The predicted octanol–water partition coefficient (Wildman–Crippen LogP) is 0.273. The number of hydrogen-bond acceptors (Lipinski definition) is 2. The fraction of sp³-hybridized carbons (Fsp3) is 1.00. The lowest BCUT2D eigenvalue weighted by molar-refractivity contribution is 0.722. The number of nitrogens with one attached hydrogen (secondary N) is 1. The van der Waals surface area contributed by atoms with Crippen LogP contribution in [0, 0.1) is 0 Å². The van der Waals surface area contributed by atoms with Crippen LogP contribution in [0.3, 0.4) is 0 Å². The lowest BCUT2D eigenvalue weighted by Gasteiger charge is -1.98. The third-order valence-electron chi connectivity index (χ3n) is 0.399. The van der Waals surface area contributed by atoms with Crippen LogP contribution >= 0.6 is 22.6 Å². The van der Waals surface area contributed by atoms with E-state index < -0.39 is 0 Å². The highest BCUT2D eigenvalue weighted by Gasteiger charge is 1.84. The second-order valence-corrected chi connectivity index (χ2v) is 2.89. The van der Waals surface area contributed by atoms with Crippen molar-refractivity contribution < 1.29 is 0 Å². The highest BCUT2D eigenvalue weighted by Crippen LogP contribution is 1.88. The van der Waals surface area contributed by atoms with E-state index in [9.17, 15) is 0 Å². The smallest absolute Gasteiger partial charge is 0.0574 e. The van der Waals surface area contributed by atoms with Gasteiger partial charge in [0.05, 0.1) is 4.05 Å². The van der Waals surface area contributed by atoms with Gasteiger partial charge in [-0.25, -0.2) is 0 Å². The summed E-state index contributed by atoms with van der Waals surface area (Å²) in [5.74, 6) is 0. The normalized spacial score (nSPS) is 14.5. The van der Waals surface area contributed by atoms with Gasteiger partial charge in [-0.1, -0.05) is 22.6 Å². The van der Waals surface area contributed by atoms with Gasteiger partial charge in [0.2, 0.25) is 0 Å². The van der Waals surface area contributed by atoms with Crippen molar-refractivity contribution in [2.45, 2.75) is 11.0 Å². The zero-order valence-corrected chi connectivity index (χ0v) is 5.90. The molecule has 0 aromatic heterocycles. The maximum atomic E-state index is 5.11. The molecule has 0 saturated heterocycles. The molecule has 6 heavy (non-hydrogen) atoms. The molecule has 0 fully saturated rings. The summed E-state index contributed by atoms with van der Waals surface area (Å²) < 4.78 is 0.493. The fourth-order valence-corrected chi connectivity index (χ4v) is 0.417. The Labute approximate surface area is 51.6 Å². The minimum atomic E-state index is 0.493. The lowest BCUT2D eigenvalue weighted by Crippen LogP contribution is -2.26. The third kappa shape index (κ3) is 4.65. The number of hydrogen-bond donors (Lipinski definition) is 2. The van der Waals surface area contributed by atoms with Crippen molar-refractivity contribution >= 4 is 22.6 Å². The van der Waals surface area contributed by atoms with Crippen molar-refractivity contribution in [1.29, 1.82) is 0 Å². The number of rotatable bonds is 2. The summed E-state index contributed by atoms with van der Waals surface area (Å²) in [4.78, 5) is 0. The molecule has 0 aliphatic carbocycles. The van der Waals surface area contributed by atoms with Crippen LogP contribution in [-0.2, 0) is 0 Å². The maximum absolute atomic E-state index is 5.11. The second-order valence-electron chi connectivity index (χ2n) is 1.02. The largest absolute Gasteiger partial charge is 0.318 e. The molecule has 0 heterocycles. The van der Waals surface area contributed by atoms with Crippen molar-refractivity contribution in [3.8, 4) is 0 Å². The first-order valence-corrected chi connectivity index (χ1v) is 3.09. The van der Waals surface area contributed by atoms with Gasteiger partial charge in [0.15, 0.2) is 0 Å². The average molecular weight is 200 g/mol. The van der Waals surface area contributed by atoms with Crippen LogP contribution in [0.4, 0.5) is 0 Å². The van der Waals surface area contributed by atoms with E-state index >= 15 is 0 Å². The molecule has 0 aliphatic rings. The molecule has 0 amide bonds. The standard InChI is InChI=1S/C3H9IN2/c1-3(4)6-2-5/h3,6H,2,5H2,1H3. The lowest BCUT2D eigenvalue weighted by atomic mass is 10.8. The van der Waals surface area contributed by atoms with Crippen molar-refractivity contribution in [3.05, 3.63) is 0 Å². The molecule has 3 heteroatoms. The van der Waals surface area contributed by atoms with Gasteiger partial charge in [-0.05, 0) is 6.92 Å². The van der Waals surface area contributed by atoms with Crippen molar-refractivity contribution in [3.63, 3.8) is 0 Å². The second kappa shape index (κ2) is 3.83. The molecule has 0 radical (unpaired) electrons. The van der Waals surface area contributed by atoms with Gasteiger partial charge in [-0.3, -0.25) is 5.32 Å². The zero-order valence-electron chi connectivity index (χ0n) is 3.74. The minimum Gasteiger partial charge on any atom is -0.318 e. The first-order valence-electron chi connectivity index (χ1n) is 1.85. The highest BCUT2D eigenvalue weighted by atomic mass is 127. The Morgan fingerprint density at radius 3 is 2.50 bits per heavy atom. The van der Waals surface area contributed by atoms with Crippen LogP contribution < -0.4 is 11.1 Å². The Kier molecular flexibility index (Phi) is 4.24. The molecule has 0 aromatic rings. The van der Waals surface area contributed by atoms with E-state index in [4.69, 9.17) is 5.73 Å². The summed E-state index contributed by atoms with van der Waals surface area (Å²) >= 11 is 2.25. The van der Waals surface area contributed by atoms with E-state index in [1.165, 1.54) is 0 Å². The molecule has 0 aromatic carbocycles. The molecular weight excluding hydrogens is 191 g/mol. The van der Waals surface area contributed by atoms with Gasteiger partial charge in [0.25, 0.3) is 0 Å². The first-order chi connectivity index (χ1) is 2.77. The van der Waals surface area contributed by atoms with Gasteiger partial charge in [-0.2, -0.15) is 0 Å². The van der Waals surface area contributed by atoms with Gasteiger partial charge < -0.3 is 5.73 Å². The fourth-order valence-electron chi connectivity index (χ4n) is 0.162. The molecule has 0 saturated carbocycles. The maximum Gasteiger partial charge on any atom is 0.0574 e. The summed E-state index contributed by atoms with van der Waals surface area (Å²) in [7, 11) is 0. The van der Waals surface area contributed by atoms with Gasteiger partial charge in [0.1, 0.15) is 0 Å². The number of nitrogens with two attached hydrogens (primary N) is 1. The Balaban J connectivity index is 2.63. The van der Waals surface area contributed by atoms with Crippen molar-refractivity contribution in [1.82, 2.24) is 5.32 Å². The minimum absolute atomic E-state index is 0.493. The van der Waals surface area contributed by atoms with E-state index in [1.54, 1.807) is 0 Å². The molecule has 38 valence electrons. The van der Waals surface area contributed by atoms with E-state index in [0.717, 1.165) is 0 Å². The summed E-state index contributed by atoms with van der Waals surface area (Å²) in [6.45, 7) is 2.62. The van der Waals surface area contributed by atoms with E-state index in [2.05, 4.69) is 27.9 Å². The molecule has 0 aliphatic heterocycles. The summed E-state index contributed by atoms with van der Waals surface area (Å²) in [5.41, 5.74) is 5.11. The zero-order chi connectivity index (χ0) is 4.99. The van der Waals surface area contributed by atoms with Crippen LogP contribution in [-0.4, -0.2) is 10.7 Å². The topological polar surface area (TPSA) is 38.0 Å². The molecule has 0 rings (SSSR count). The molecule has 2 nitrogen and oxygen atoms in total.